The number of carbonyl (C=O) groups excluding carboxylic acids is 2. The van der Waals surface area contributed by atoms with Gasteiger partial charge in [0.15, 0.2) is 0 Å². The summed E-state index contributed by atoms with van der Waals surface area (Å²) in [6.45, 7) is 8.07. The van der Waals surface area contributed by atoms with Crippen LogP contribution in [0.15, 0.2) is 115 Å². The molecule has 4 aromatic carbocycles. The summed E-state index contributed by atoms with van der Waals surface area (Å²) in [6, 6.07) is 36.9. The maximum absolute atomic E-state index is 13.9. The second-order valence-electron chi connectivity index (χ2n) is 12.2. The van der Waals surface area contributed by atoms with Crippen molar-refractivity contribution in [1.82, 2.24) is 5.32 Å². The van der Waals surface area contributed by atoms with Gasteiger partial charge >= 0.3 is 7.12 Å². The number of amides is 2. The van der Waals surface area contributed by atoms with Crippen molar-refractivity contribution < 1.29 is 18.9 Å². The van der Waals surface area contributed by atoms with Crippen molar-refractivity contribution in [3.8, 4) is 0 Å². The standard InChI is InChI=1S/C36H39BN2O4/c1-34(2)35(3,4)43-37(42-34)30-22-20-26(21-23-30)24-31(33(38)41)39-32(40)25-36(27-14-8-5-9-15-27,28-16-10-6-11-17-28)29-18-12-7-13-19-29/h5-23,31H,24-25H2,1-4H3,(H2,38,41)(H,39,40)/t31-/m0/s1. The number of carbonyl (C=O) groups is 2. The summed E-state index contributed by atoms with van der Waals surface area (Å²) in [5, 5.41) is 2.96. The van der Waals surface area contributed by atoms with E-state index in [-0.39, 0.29) is 18.7 Å². The first-order valence-corrected chi connectivity index (χ1v) is 14.7. The van der Waals surface area contributed by atoms with E-state index in [2.05, 4.69) is 5.32 Å². The second-order valence-corrected chi connectivity index (χ2v) is 12.2. The van der Waals surface area contributed by atoms with Crippen molar-refractivity contribution >= 4 is 24.4 Å². The van der Waals surface area contributed by atoms with Gasteiger partial charge in [-0.25, -0.2) is 0 Å². The lowest BCUT2D eigenvalue weighted by Gasteiger charge is -2.36. The zero-order valence-electron chi connectivity index (χ0n) is 25.2. The van der Waals surface area contributed by atoms with Gasteiger partial charge < -0.3 is 20.4 Å². The highest BCUT2D eigenvalue weighted by atomic mass is 16.7. The predicted molar refractivity (Wildman–Crippen MR) is 171 cm³/mol. The van der Waals surface area contributed by atoms with Crippen LogP contribution in [-0.2, 0) is 30.7 Å². The van der Waals surface area contributed by atoms with E-state index in [0.29, 0.717) is 0 Å². The number of hydrogen-bond acceptors (Lipinski definition) is 4. The van der Waals surface area contributed by atoms with Crippen LogP contribution in [0.1, 0.15) is 56.4 Å². The molecule has 2 amide bonds. The van der Waals surface area contributed by atoms with Gasteiger partial charge in [0, 0.05) is 12.8 Å². The Labute approximate surface area is 254 Å². The number of primary amides is 1. The van der Waals surface area contributed by atoms with Gasteiger partial charge in [0.2, 0.25) is 11.8 Å². The molecule has 220 valence electrons. The van der Waals surface area contributed by atoms with Crippen LogP contribution in [-0.4, -0.2) is 36.2 Å². The van der Waals surface area contributed by atoms with Crippen LogP contribution in [0, 0.1) is 0 Å². The monoisotopic (exact) mass is 574 g/mol. The number of nitrogens with one attached hydrogen (secondary N) is 1. The molecule has 43 heavy (non-hydrogen) atoms. The molecule has 1 fully saturated rings. The topological polar surface area (TPSA) is 90.6 Å². The van der Waals surface area contributed by atoms with Gasteiger partial charge in [-0.3, -0.25) is 9.59 Å². The summed E-state index contributed by atoms with van der Waals surface area (Å²) in [7, 11) is -0.479. The Kier molecular flexibility index (Phi) is 8.58. The van der Waals surface area contributed by atoms with Crippen molar-refractivity contribution in [3.63, 3.8) is 0 Å². The Bertz CT molecular complexity index is 1430. The largest absolute Gasteiger partial charge is 0.494 e. The molecule has 0 unspecified atom stereocenters. The van der Waals surface area contributed by atoms with Crippen LogP contribution in [0.5, 0.6) is 0 Å². The summed E-state index contributed by atoms with van der Waals surface area (Å²) < 4.78 is 12.3. The highest BCUT2D eigenvalue weighted by molar-refractivity contribution is 6.62. The van der Waals surface area contributed by atoms with Crippen molar-refractivity contribution in [1.29, 1.82) is 0 Å². The Morgan fingerprint density at radius 2 is 1.14 bits per heavy atom. The first kappa shape index (κ1) is 30.3. The van der Waals surface area contributed by atoms with Crippen molar-refractivity contribution in [2.45, 2.75) is 63.2 Å². The fourth-order valence-corrected chi connectivity index (χ4v) is 5.71. The van der Waals surface area contributed by atoms with Gasteiger partial charge in [-0.15, -0.1) is 0 Å². The molecular formula is C36H39BN2O4. The van der Waals surface area contributed by atoms with E-state index in [9.17, 15) is 9.59 Å². The average molecular weight is 575 g/mol. The minimum atomic E-state index is -0.879. The van der Waals surface area contributed by atoms with Crippen LogP contribution in [0.25, 0.3) is 0 Å². The molecule has 0 spiro atoms. The average Bonchev–Trinajstić information content (AvgIpc) is 3.23. The highest BCUT2D eigenvalue weighted by Crippen LogP contribution is 2.42. The summed E-state index contributed by atoms with van der Waals surface area (Å²) in [6.07, 6.45) is 0.357. The second kappa shape index (κ2) is 12.2. The SMILES string of the molecule is CC1(C)OB(c2ccc(C[C@H](NC(=O)CC(c3ccccc3)(c3ccccc3)c3ccccc3)C(N)=O)cc2)OC1(C)C. The quantitative estimate of drug-likeness (QED) is 0.208. The fourth-order valence-electron chi connectivity index (χ4n) is 5.71. The lowest BCUT2D eigenvalue weighted by atomic mass is 9.67. The molecular weight excluding hydrogens is 535 g/mol. The Balaban J connectivity index is 1.39. The van der Waals surface area contributed by atoms with Gasteiger partial charge in [-0.1, -0.05) is 115 Å². The number of hydrogen-bond donors (Lipinski definition) is 2. The van der Waals surface area contributed by atoms with Crippen LogP contribution in [0.4, 0.5) is 0 Å². The van der Waals surface area contributed by atoms with E-state index in [1.807, 2.05) is 143 Å². The van der Waals surface area contributed by atoms with Gasteiger partial charge in [0.25, 0.3) is 0 Å². The molecule has 0 saturated carbocycles. The van der Waals surface area contributed by atoms with Crippen molar-refractivity contribution in [3.05, 3.63) is 138 Å². The van der Waals surface area contributed by atoms with Crippen LogP contribution >= 0.6 is 0 Å². The van der Waals surface area contributed by atoms with Crippen molar-refractivity contribution in [2.24, 2.45) is 5.73 Å². The third-order valence-corrected chi connectivity index (χ3v) is 8.85. The maximum atomic E-state index is 13.9. The van der Waals surface area contributed by atoms with E-state index in [1.54, 1.807) is 0 Å². The molecule has 3 N–H and O–H groups in total. The predicted octanol–water partition coefficient (Wildman–Crippen LogP) is 4.92. The molecule has 5 rings (SSSR count). The molecule has 0 aliphatic carbocycles. The summed E-state index contributed by atoms with van der Waals surface area (Å²) in [5.74, 6) is -0.859. The normalized spacial score (nSPS) is 16.4. The van der Waals surface area contributed by atoms with Crippen LogP contribution in [0.3, 0.4) is 0 Å². The molecule has 1 saturated heterocycles. The van der Waals surface area contributed by atoms with E-state index in [1.165, 1.54) is 0 Å². The molecule has 0 aromatic heterocycles. The first-order chi connectivity index (χ1) is 20.5. The molecule has 7 heteroatoms. The summed E-state index contributed by atoms with van der Waals surface area (Å²) in [4.78, 5) is 26.5. The Morgan fingerprint density at radius 3 is 1.53 bits per heavy atom. The van der Waals surface area contributed by atoms with Gasteiger partial charge in [-0.2, -0.15) is 0 Å². The highest BCUT2D eigenvalue weighted by Gasteiger charge is 2.51. The van der Waals surface area contributed by atoms with Gasteiger partial charge in [0.1, 0.15) is 6.04 Å². The molecule has 1 atom stereocenters. The Morgan fingerprint density at radius 1 is 0.721 bits per heavy atom. The Hall–Kier alpha value is -4.20. The van der Waals surface area contributed by atoms with Gasteiger partial charge in [-0.05, 0) is 55.4 Å². The molecule has 1 aliphatic heterocycles. The number of nitrogens with two attached hydrogens (primary N) is 1. The maximum Gasteiger partial charge on any atom is 0.494 e. The summed E-state index contributed by atoms with van der Waals surface area (Å²) in [5.41, 5.74) is 8.87. The molecule has 1 heterocycles. The van der Waals surface area contributed by atoms with E-state index >= 15 is 0 Å². The van der Waals surface area contributed by atoms with E-state index in [0.717, 1.165) is 27.7 Å². The van der Waals surface area contributed by atoms with Gasteiger partial charge in [0.05, 0.1) is 16.6 Å². The third-order valence-electron chi connectivity index (χ3n) is 8.85. The number of rotatable bonds is 10. The molecule has 1 aliphatic rings. The summed E-state index contributed by atoms with van der Waals surface area (Å²) >= 11 is 0. The van der Waals surface area contributed by atoms with Crippen LogP contribution < -0.4 is 16.5 Å². The smallest absolute Gasteiger partial charge is 0.399 e. The molecule has 0 bridgehead atoms. The zero-order chi connectivity index (χ0) is 30.7. The van der Waals surface area contributed by atoms with Crippen molar-refractivity contribution in [2.75, 3.05) is 0 Å². The minimum Gasteiger partial charge on any atom is -0.399 e. The van der Waals surface area contributed by atoms with E-state index < -0.39 is 35.7 Å². The lowest BCUT2D eigenvalue weighted by molar-refractivity contribution is -0.127. The lowest BCUT2D eigenvalue weighted by Crippen LogP contribution is -2.48. The minimum absolute atomic E-state index is 0.0929. The molecule has 6 nitrogen and oxygen atoms in total. The third kappa shape index (κ3) is 6.29. The molecule has 4 aromatic rings. The number of benzene rings is 4. The fraction of sp³-hybridized carbons (Fsp3) is 0.278. The van der Waals surface area contributed by atoms with E-state index in [4.69, 9.17) is 15.0 Å². The first-order valence-electron chi connectivity index (χ1n) is 14.7. The zero-order valence-corrected chi connectivity index (χ0v) is 25.2. The van der Waals surface area contributed by atoms with Crippen LogP contribution in [0.2, 0.25) is 0 Å². The molecule has 0 radical (unpaired) electrons.